The summed E-state index contributed by atoms with van der Waals surface area (Å²) in [6.07, 6.45) is 3.35. The van der Waals surface area contributed by atoms with Crippen LogP contribution in [0.3, 0.4) is 0 Å². The number of nitrogens with one attached hydrogen (secondary N) is 2. The Morgan fingerprint density at radius 2 is 2.09 bits per heavy atom. The van der Waals surface area contributed by atoms with Gasteiger partial charge in [0.15, 0.2) is 0 Å². The topological polar surface area (TPSA) is 65.2 Å². The van der Waals surface area contributed by atoms with E-state index >= 15 is 0 Å². The van der Waals surface area contributed by atoms with Gasteiger partial charge in [0.1, 0.15) is 5.56 Å². The number of aromatic amines is 1. The summed E-state index contributed by atoms with van der Waals surface area (Å²) >= 11 is 0. The molecule has 0 aliphatic carbocycles. The van der Waals surface area contributed by atoms with Gasteiger partial charge in [0, 0.05) is 30.6 Å². The Morgan fingerprint density at radius 3 is 2.91 bits per heavy atom. The van der Waals surface area contributed by atoms with E-state index in [9.17, 15) is 9.59 Å². The Kier molecular flexibility index (Phi) is 3.45. The zero-order chi connectivity index (χ0) is 15.9. The number of carbonyl (C=O) groups excluding carboxylic acids is 1. The van der Waals surface area contributed by atoms with Gasteiger partial charge in [-0.1, -0.05) is 18.2 Å². The van der Waals surface area contributed by atoms with E-state index in [4.69, 9.17) is 0 Å². The second-order valence-corrected chi connectivity index (χ2v) is 6.86. The van der Waals surface area contributed by atoms with Crippen LogP contribution in [0, 0.1) is 5.41 Å². The first-order chi connectivity index (χ1) is 11.2. The number of nitrogens with zero attached hydrogens (tertiary/aromatic N) is 1. The monoisotopic (exact) mass is 311 g/mol. The minimum absolute atomic E-state index is 0.139. The first kappa shape index (κ1) is 14.5. The number of aromatic nitrogens is 1. The van der Waals surface area contributed by atoms with E-state index in [0.29, 0.717) is 0 Å². The van der Waals surface area contributed by atoms with E-state index in [1.54, 1.807) is 6.07 Å². The molecule has 1 amide bonds. The van der Waals surface area contributed by atoms with E-state index in [0.717, 1.165) is 49.9 Å². The average molecular weight is 311 g/mol. The summed E-state index contributed by atoms with van der Waals surface area (Å²) in [6, 6.07) is 9.27. The molecule has 2 N–H and O–H groups in total. The van der Waals surface area contributed by atoms with Crippen LogP contribution in [0.2, 0.25) is 0 Å². The Labute approximate surface area is 134 Å². The number of rotatable bonds is 1. The molecule has 0 radical (unpaired) electrons. The molecule has 2 aliphatic heterocycles. The first-order valence-corrected chi connectivity index (χ1v) is 8.29. The number of benzene rings is 1. The molecule has 1 aromatic heterocycles. The molecule has 2 aromatic rings. The van der Waals surface area contributed by atoms with Gasteiger partial charge in [0.05, 0.1) is 0 Å². The normalized spacial score (nSPS) is 24.4. The maximum atomic E-state index is 12.8. The van der Waals surface area contributed by atoms with Crippen molar-refractivity contribution in [3.63, 3.8) is 0 Å². The number of H-pyrrole nitrogens is 1. The number of amides is 1. The SMILES string of the molecule is O=C(c1cc2ccccc2[nH]c1=O)N1CCC2(CCCNC2)C1. The summed E-state index contributed by atoms with van der Waals surface area (Å²) in [7, 11) is 0. The summed E-state index contributed by atoms with van der Waals surface area (Å²) in [4.78, 5) is 29.8. The molecule has 1 aromatic carbocycles. The van der Waals surface area contributed by atoms with Crippen LogP contribution < -0.4 is 10.9 Å². The number of fused-ring (bicyclic) bond motifs is 1. The Morgan fingerprint density at radius 1 is 1.22 bits per heavy atom. The van der Waals surface area contributed by atoms with E-state index in [1.165, 1.54) is 6.42 Å². The van der Waals surface area contributed by atoms with Gasteiger partial charge in [-0.3, -0.25) is 9.59 Å². The highest BCUT2D eigenvalue weighted by atomic mass is 16.2. The zero-order valence-corrected chi connectivity index (χ0v) is 13.1. The van der Waals surface area contributed by atoms with Crippen molar-refractivity contribution >= 4 is 16.8 Å². The van der Waals surface area contributed by atoms with Crippen LogP contribution in [0.4, 0.5) is 0 Å². The summed E-state index contributed by atoms with van der Waals surface area (Å²) in [5.41, 5.74) is 0.932. The molecular formula is C18H21N3O2. The highest BCUT2D eigenvalue weighted by Crippen LogP contribution is 2.36. The first-order valence-electron chi connectivity index (χ1n) is 8.29. The summed E-state index contributed by atoms with van der Waals surface area (Å²) < 4.78 is 0. The number of hydrogen-bond donors (Lipinski definition) is 2. The summed E-state index contributed by atoms with van der Waals surface area (Å²) in [5, 5.41) is 4.34. The highest BCUT2D eigenvalue weighted by molar-refractivity contribution is 5.97. The number of para-hydroxylation sites is 1. The molecule has 1 spiro atoms. The fourth-order valence-electron chi connectivity index (χ4n) is 3.96. The lowest BCUT2D eigenvalue weighted by atomic mass is 9.80. The quantitative estimate of drug-likeness (QED) is 0.843. The number of likely N-dealkylation sites (tertiary alicyclic amines) is 1. The van der Waals surface area contributed by atoms with Gasteiger partial charge in [0.2, 0.25) is 0 Å². The predicted molar refractivity (Wildman–Crippen MR) is 89.6 cm³/mol. The minimum atomic E-state index is -0.295. The molecule has 5 nitrogen and oxygen atoms in total. The van der Waals surface area contributed by atoms with Crippen molar-refractivity contribution < 1.29 is 4.79 Å². The maximum Gasteiger partial charge on any atom is 0.261 e. The van der Waals surface area contributed by atoms with Crippen molar-refractivity contribution in [3.05, 3.63) is 46.2 Å². The number of pyridine rings is 1. The summed E-state index contributed by atoms with van der Waals surface area (Å²) in [6.45, 7) is 3.54. The van der Waals surface area contributed by atoms with Gasteiger partial charge in [-0.15, -0.1) is 0 Å². The molecule has 2 fully saturated rings. The highest BCUT2D eigenvalue weighted by Gasteiger charge is 2.41. The summed E-state index contributed by atoms with van der Waals surface area (Å²) in [5.74, 6) is -0.139. The second kappa shape index (κ2) is 5.49. The Bertz CT molecular complexity index is 805. The van der Waals surface area contributed by atoms with E-state index in [-0.39, 0.29) is 22.4 Å². The molecular weight excluding hydrogens is 290 g/mol. The number of hydrogen-bond acceptors (Lipinski definition) is 3. The van der Waals surface area contributed by atoms with Crippen LogP contribution in [0.25, 0.3) is 10.9 Å². The number of carbonyl (C=O) groups is 1. The standard InChI is InChI=1S/C18H21N3O2/c22-16-14(10-13-4-1-2-5-15(13)20-16)17(23)21-9-7-18(12-21)6-3-8-19-11-18/h1-2,4-5,10,19H,3,6-9,11-12H2,(H,20,22). The lowest BCUT2D eigenvalue weighted by Crippen LogP contribution is -2.43. The van der Waals surface area contributed by atoms with Crippen molar-refractivity contribution in [2.45, 2.75) is 19.3 Å². The molecule has 2 saturated heterocycles. The Balaban J connectivity index is 1.62. The molecule has 23 heavy (non-hydrogen) atoms. The molecule has 5 heteroatoms. The molecule has 1 unspecified atom stereocenters. The van der Waals surface area contributed by atoms with Crippen LogP contribution in [-0.4, -0.2) is 42.0 Å². The van der Waals surface area contributed by atoms with Crippen molar-refractivity contribution in [1.82, 2.24) is 15.2 Å². The largest absolute Gasteiger partial charge is 0.338 e. The maximum absolute atomic E-state index is 12.8. The van der Waals surface area contributed by atoms with E-state index in [1.807, 2.05) is 29.2 Å². The van der Waals surface area contributed by atoms with Gasteiger partial charge in [0.25, 0.3) is 11.5 Å². The van der Waals surface area contributed by atoms with Crippen LogP contribution in [0.15, 0.2) is 35.1 Å². The van der Waals surface area contributed by atoms with E-state index in [2.05, 4.69) is 10.3 Å². The lowest BCUT2D eigenvalue weighted by Gasteiger charge is -2.33. The van der Waals surface area contributed by atoms with Crippen LogP contribution in [-0.2, 0) is 0 Å². The second-order valence-electron chi connectivity index (χ2n) is 6.86. The lowest BCUT2D eigenvalue weighted by molar-refractivity contribution is 0.0762. The third-order valence-electron chi connectivity index (χ3n) is 5.27. The Hall–Kier alpha value is -2.14. The molecule has 1 atom stereocenters. The van der Waals surface area contributed by atoms with Gasteiger partial charge < -0.3 is 15.2 Å². The van der Waals surface area contributed by atoms with E-state index < -0.39 is 0 Å². The smallest absolute Gasteiger partial charge is 0.261 e. The van der Waals surface area contributed by atoms with Crippen LogP contribution in [0.1, 0.15) is 29.6 Å². The van der Waals surface area contributed by atoms with Gasteiger partial charge in [-0.05, 0) is 43.3 Å². The number of piperidine rings is 1. The zero-order valence-electron chi connectivity index (χ0n) is 13.1. The fraction of sp³-hybridized carbons (Fsp3) is 0.444. The molecule has 4 rings (SSSR count). The van der Waals surface area contributed by atoms with Crippen LogP contribution >= 0.6 is 0 Å². The van der Waals surface area contributed by atoms with Gasteiger partial charge in [-0.25, -0.2) is 0 Å². The minimum Gasteiger partial charge on any atom is -0.338 e. The van der Waals surface area contributed by atoms with Crippen molar-refractivity contribution in [1.29, 1.82) is 0 Å². The van der Waals surface area contributed by atoms with Crippen LogP contribution in [0.5, 0.6) is 0 Å². The van der Waals surface area contributed by atoms with Gasteiger partial charge in [-0.2, -0.15) is 0 Å². The molecule has 3 heterocycles. The third kappa shape index (κ3) is 2.55. The van der Waals surface area contributed by atoms with Crippen molar-refractivity contribution in [2.75, 3.05) is 26.2 Å². The van der Waals surface area contributed by atoms with Crippen molar-refractivity contribution in [2.24, 2.45) is 5.41 Å². The molecule has 120 valence electrons. The molecule has 2 aliphatic rings. The third-order valence-corrected chi connectivity index (χ3v) is 5.27. The van der Waals surface area contributed by atoms with Gasteiger partial charge >= 0.3 is 0 Å². The fourth-order valence-corrected chi connectivity index (χ4v) is 3.96. The average Bonchev–Trinajstić information content (AvgIpc) is 2.98. The van der Waals surface area contributed by atoms with Crippen molar-refractivity contribution in [3.8, 4) is 0 Å². The molecule has 0 bridgehead atoms. The predicted octanol–water partition coefficient (Wildman–Crippen LogP) is 1.74. The molecule has 0 saturated carbocycles.